The number of nitrogens with zero attached hydrogens (tertiary/aromatic N) is 1. The van der Waals surface area contributed by atoms with Crippen LogP contribution in [0.4, 0.5) is 4.79 Å². The molecule has 5 heteroatoms. The summed E-state index contributed by atoms with van der Waals surface area (Å²) in [6.45, 7) is 5.06. The van der Waals surface area contributed by atoms with Crippen molar-refractivity contribution in [1.29, 1.82) is 0 Å². The summed E-state index contributed by atoms with van der Waals surface area (Å²) in [7, 11) is 0. The Morgan fingerprint density at radius 3 is 2.78 bits per heavy atom. The molecule has 2 rings (SSSR count). The van der Waals surface area contributed by atoms with Crippen molar-refractivity contribution in [3.05, 3.63) is 34.3 Å². The van der Waals surface area contributed by atoms with Gasteiger partial charge in [0.1, 0.15) is 0 Å². The van der Waals surface area contributed by atoms with Gasteiger partial charge >= 0.3 is 6.03 Å². The maximum atomic E-state index is 11.9. The summed E-state index contributed by atoms with van der Waals surface area (Å²) in [6, 6.07) is 7.92. The van der Waals surface area contributed by atoms with Gasteiger partial charge in [0, 0.05) is 23.1 Å². The van der Waals surface area contributed by atoms with Crippen molar-refractivity contribution < 1.29 is 4.79 Å². The van der Waals surface area contributed by atoms with Crippen LogP contribution in [0.5, 0.6) is 0 Å². The molecule has 0 radical (unpaired) electrons. The van der Waals surface area contributed by atoms with Crippen LogP contribution in [-0.2, 0) is 0 Å². The van der Waals surface area contributed by atoms with E-state index in [1.807, 2.05) is 38.1 Å². The lowest BCUT2D eigenvalue weighted by molar-refractivity contribution is 0.207. The number of halogens is 1. The van der Waals surface area contributed by atoms with Crippen LogP contribution in [0, 0.1) is 0 Å². The molecule has 0 aromatic heterocycles. The van der Waals surface area contributed by atoms with Crippen LogP contribution in [0.2, 0.25) is 0 Å². The van der Waals surface area contributed by atoms with E-state index in [0.29, 0.717) is 13.1 Å². The number of hydrogen-bond donors (Lipinski definition) is 2. The van der Waals surface area contributed by atoms with Gasteiger partial charge in [-0.1, -0.05) is 34.1 Å². The lowest BCUT2D eigenvalue weighted by Gasteiger charge is -2.25. The van der Waals surface area contributed by atoms with Gasteiger partial charge in [0.2, 0.25) is 0 Å². The highest BCUT2D eigenvalue weighted by molar-refractivity contribution is 9.10. The monoisotopic (exact) mass is 311 g/mol. The standard InChI is InChI=1S/C13H18BrN3O/c1-13(2,15)8-17-7-11(16-12(17)18)9-5-3-4-6-10(9)14/h3-6,11H,7-8,15H2,1-2H3,(H,16,18). The summed E-state index contributed by atoms with van der Waals surface area (Å²) in [5.74, 6) is 0. The smallest absolute Gasteiger partial charge is 0.318 e. The molecule has 1 aliphatic rings. The third-order valence-electron chi connectivity index (χ3n) is 2.87. The van der Waals surface area contributed by atoms with Crippen LogP contribution in [-0.4, -0.2) is 29.6 Å². The Labute approximate surface area is 116 Å². The zero-order valence-electron chi connectivity index (χ0n) is 10.6. The molecule has 1 saturated heterocycles. The second-order valence-electron chi connectivity index (χ2n) is 5.39. The Bertz CT molecular complexity index is 456. The van der Waals surface area contributed by atoms with E-state index in [-0.39, 0.29) is 17.6 Å². The van der Waals surface area contributed by atoms with Crippen molar-refractivity contribution in [2.45, 2.75) is 25.4 Å². The SMILES string of the molecule is CC(C)(N)CN1CC(c2ccccc2Br)NC1=O. The molecule has 1 unspecified atom stereocenters. The van der Waals surface area contributed by atoms with Gasteiger partial charge in [-0.3, -0.25) is 0 Å². The fourth-order valence-corrected chi connectivity index (χ4v) is 2.71. The molecule has 0 spiro atoms. The Morgan fingerprint density at radius 1 is 1.50 bits per heavy atom. The molecule has 0 saturated carbocycles. The molecule has 1 aliphatic heterocycles. The fraction of sp³-hybridized carbons (Fsp3) is 0.462. The highest BCUT2D eigenvalue weighted by atomic mass is 79.9. The van der Waals surface area contributed by atoms with E-state index >= 15 is 0 Å². The molecule has 1 atom stereocenters. The van der Waals surface area contributed by atoms with E-state index in [1.54, 1.807) is 4.90 Å². The first-order valence-corrected chi connectivity index (χ1v) is 6.75. The molecular weight excluding hydrogens is 294 g/mol. The first-order valence-electron chi connectivity index (χ1n) is 5.95. The lowest BCUT2D eigenvalue weighted by atomic mass is 10.1. The van der Waals surface area contributed by atoms with Crippen molar-refractivity contribution in [2.24, 2.45) is 5.73 Å². The van der Waals surface area contributed by atoms with Gasteiger partial charge in [-0.2, -0.15) is 0 Å². The summed E-state index contributed by atoms with van der Waals surface area (Å²) >= 11 is 3.51. The summed E-state index contributed by atoms with van der Waals surface area (Å²) in [6.07, 6.45) is 0. The van der Waals surface area contributed by atoms with Crippen molar-refractivity contribution in [3.63, 3.8) is 0 Å². The zero-order valence-corrected chi connectivity index (χ0v) is 12.2. The van der Waals surface area contributed by atoms with Crippen molar-refractivity contribution in [3.8, 4) is 0 Å². The van der Waals surface area contributed by atoms with Crippen molar-refractivity contribution in [1.82, 2.24) is 10.2 Å². The summed E-state index contributed by atoms with van der Waals surface area (Å²) in [4.78, 5) is 13.7. The number of nitrogens with two attached hydrogens (primary N) is 1. The molecule has 4 nitrogen and oxygen atoms in total. The quantitative estimate of drug-likeness (QED) is 0.899. The fourth-order valence-electron chi connectivity index (χ4n) is 2.15. The number of hydrogen-bond acceptors (Lipinski definition) is 2. The number of nitrogens with one attached hydrogen (secondary N) is 1. The number of rotatable bonds is 3. The maximum absolute atomic E-state index is 11.9. The number of urea groups is 1. The van der Waals surface area contributed by atoms with E-state index < -0.39 is 0 Å². The predicted molar refractivity (Wildman–Crippen MR) is 75.3 cm³/mol. The number of amides is 2. The van der Waals surface area contributed by atoms with Crippen molar-refractivity contribution >= 4 is 22.0 Å². The van der Waals surface area contributed by atoms with Crippen LogP contribution >= 0.6 is 15.9 Å². The Hall–Kier alpha value is -1.07. The second kappa shape index (κ2) is 4.90. The first kappa shape index (κ1) is 13.4. The molecule has 98 valence electrons. The molecule has 18 heavy (non-hydrogen) atoms. The highest BCUT2D eigenvalue weighted by Crippen LogP contribution is 2.27. The van der Waals surface area contributed by atoms with Gasteiger partial charge in [-0.25, -0.2) is 4.79 Å². The van der Waals surface area contributed by atoms with Gasteiger partial charge in [-0.05, 0) is 25.5 Å². The molecule has 1 heterocycles. The second-order valence-corrected chi connectivity index (χ2v) is 6.25. The highest BCUT2D eigenvalue weighted by Gasteiger charge is 2.32. The Morgan fingerprint density at radius 2 is 2.17 bits per heavy atom. The first-order chi connectivity index (χ1) is 8.37. The van der Waals surface area contributed by atoms with Crippen LogP contribution in [0.1, 0.15) is 25.5 Å². The van der Waals surface area contributed by atoms with E-state index in [2.05, 4.69) is 21.2 Å². The molecule has 1 fully saturated rings. The molecule has 3 N–H and O–H groups in total. The van der Waals surface area contributed by atoms with Crippen LogP contribution in [0.3, 0.4) is 0 Å². The summed E-state index contributed by atoms with van der Waals surface area (Å²) < 4.78 is 1.02. The lowest BCUT2D eigenvalue weighted by Crippen LogP contribution is -2.46. The number of carbonyl (C=O) groups excluding carboxylic acids is 1. The van der Waals surface area contributed by atoms with Gasteiger partial charge in [0.05, 0.1) is 6.04 Å². The molecule has 0 aliphatic carbocycles. The van der Waals surface area contributed by atoms with Gasteiger partial charge in [0.25, 0.3) is 0 Å². The average molecular weight is 312 g/mol. The molecular formula is C13H18BrN3O. The number of carbonyl (C=O) groups is 1. The average Bonchev–Trinajstić information content (AvgIpc) is 2.58. The third-order valence-corrected chi connectivity index (χ3v) is 3.59. The van der Waals surface area contributed by atoms with Crippen LogP contribution < -0.4 is 11.1 Å². The van der Waals surface area contributed by atoms with E-state index in [4.69, 9.17) is 5.73 Å². The topological polar surface area (TPSA) is 58.4 Å². The molecule has 2 amide bonds. The molecule has 1 aromatic rings. The largest absolute Gasteiger partial charge is 0.329 e. The van der Waals surface area contributed by atoms with E-state index in [1.165, 1.54) is 0 Å². The Kier molecular flexibility index (Phi) is 3.64. The van der Waals surface area contributed by atoms with Gasteiger partial charge < -0.3 is 16.0 Å². The molecule has 1 aromatic carbocycles. The van der Waals surface area contributed by atoms with Crippen LogP contribution in [0.25, 0.3) is 0 Å². The Balaban J connectivity index is 2.12. The predicted octanol–water partition coefficient (Wildman–Crippen LogP) is 2.25. The third kappa shape index (κ3) is 3.03. The van der Waals surface area contributed by atoms with Gasteiger partial charge in [-0.15, -0.1) is 0 Å². The minimum absolute atomic E-state index is 0.0235. The summed E-state index contributed by atoms with van der Waals surface area (Å²) in [5.41, 5.74) is 6.69. The minimum Gasteiger partial charge on any atom is -0.329 e. The van der Waals surface area contributed by atoms with Gasteiger partial charge in [0.15, 0.2) is 0 Å². The number of benzene rings is 1. The van der Waals surface area contributed by atoms with Crippen LogP contribution in [0.15, 0.2) is 28.7 Å². The normalized spacial score (nSPS) is 20.1. The maximum Gasteiger partial charge on any atom is 0.318 e. The van der Waals surface area contributed by atoms with Crippen molar-refractivity contribution in [2.75, 3.05) is 13.1 Å². The van der Waals surface area contributed by atoms with E-state index in [0.717, 1.165) is 10.0 Å². The minimum atomic E-state index is -0.375. The molecule has 0 bridgehead atoms. The summed E-state index contributed by atoms with van der Waals surface area (Å²) in [5, 5.41) is 2.99. The van der Waals surface area contributed by atoms with E-state index in [9.17, 15) is 4.79 Å². The zero-order chi connectivity index (χ0) is 13.3.